The number of aromatic nitrogens is 1. The van der Waals surface area contributed by atoms with Gasteiger partial charge in [0.05, 0.1) is 10.0 Å². The maximum Gasteiger partial charge on any atom is 0.303 e. The first kappa shape index (κ1) is 19.0. The molecule has 0 unspecified atom stereocenters. The second kappa shape index (κ2) is 8.30. The van der Waals surface area contributed by atoms with Crippen LogP contribution in [0.5, 0.6) is 0 Å². The van der Waals surface area contributed by atoms with Gasteiger partial charge in [-0.15, -0.1) is 6.42 Å². The molecule has 1 aromatic heterocycles. The van der Waals surface area contributed by atoms with E-state index in [0.717, 1.165) is 16.7 Å². The Morgan fingerprint density at radius 1 is 1.15 bits per heavy atom. The standard InChI is InChI=1S/C21H15Cl2NO3/c1-2-13-5-3-6-15(11-13)21-20(14-9-10-16(22)17(23)12-14)24-18(27-21)7-4-8-19(25)26/h1,3,5-6,9-12H,4,7-8H2,(H,25,26). The summed E-state index contributed by atoms with van der Waals surface area (Å²) in [6.45, 7) is 0. The molecule has 0 saturated heterocycles. The molecule has 4 nitrogen and oxygen atoms in total. The molecule has 3 rings (SSSR count). The van der Waals surface area contributed by atoms with Crippen molar-refractivity contribution in [3.05, 3.63) is 64.0 Å². The average Bonchev–Trinajstić information content (AvgIpc) is 3.08. The number of terminal acetylenes is 1. The topological polar surface area (TPSA) is 63.3 Å². The predicted molar refractivity (Wildman–Crippen MR) is 106 cm³/mol. The second-order valence-corrected chi connectivity index (χ2v) is 6.70. The van der Waals surface area contributed by atoms with Crippen molar-refractivity contribution in [2.75, 3.05) is 0 Å². The summed E-state index contributed by atoms with van der Waals surface area (Å²) in [4.78, 5) is 15.3. The largest absolute Gasteiger partial charge is 0.481 e. The SMILES string of the molecule is C#Cc1cccc(-c2oc(CCCC(=O)O)nc2-c2ccc(Cl)c(Cl)c2)c1. The molecule has 0 aliphatic rings. The summed E-state index contributed by atoms with van der Waals surface area (Å²) < 4.78 is 5.96. The van der Waals surface area contributed by atoms with Crippen LogP contribution in [0.25, 0.3) is 22.6 Å². The number of nitrogens with zero attached hydrogens (tertiary/aromatic N) is 1. The van der Waals surface area contributed by atoms with E-state index in [1.54, 1.807) is 12.1 Å². The van der Waals surface area contributed by atoms with E-state index in [9.17, 15) is 4.79 Å². The van der Waals surface area contributed by atoms with Crippen LogP contribution in [0.1, 0.15) is 24.3 Å². The number of carboxylic acids is 1. The van der Waals surface area contributed by atoms with E-state index in [2.05, 4.69) is 10.9 Å². The molecule has 1 N–H and O–H groups in total. The van der Waals surface area contributed by atoms with Crippen LogP contribution >= 0.6 is 23.2 Å². The summed E-state index contributed by atoms with van der Waals surface area (Å²) in [5, 5.41) is 9.68. The number of hydrogen-bond donors (Lipinski definition) is 1. The van der Waals surface area contributed by atoms with Crippen molar-refractivity contribution in [3.8, 4) is 34.9 Å². The fraction of sp³-hybridized carbons (Fsp3) is 0.143. The number of aryl methyl sites for hydroxylation is 1. The molecule has 0 atom stereocenters. The molecule has 6 heteroatoms. The van der Waals surface area contributed by atoms with Crippen molar-refractivity contribution in [1.29, 1.82) is 0 Å². The second-order valence-electron chi connectivity index (χ2n) is 5.89. The Balaban J connectivity index is 2.05. The van der Waals surface area contributed by atoms with Gasteiger partial charge >= 0.3 is 5.97 Å². The Morgan fingerprint density at radius 3 is 2.67 bits per heavy atom. The Morgan fingerprint density at radius 2 is 1.96 bits per heavy atom. The van der Waals surface area contributed by atoms with E-state index in [0.29, 0.717) is 40.2 Å². The number of benzene rings is 2. The van der Waals surface area contributed by atoms with E-state index in [1.807, 2.05) is 30.3 Å². The van der Waals surface area contributed by atoms with Crippen molar-refractivity contribution < 1.29 is 14.3 Å². The summed E-state index contributed by atoms with van der Waals surface area (Å²) in [7, 11) is 0. The van der Waals surface area contributed by atoms with Crippen LogP contribution in [-0.4, -0.2) is 16.1 Å². The van der Waals surface area contributed by atoms with Gasteiger partial charge in [-0.25, -0.2) is 4.98 Å². The molecule has 27 heavy (non-hydrogen) atoms. The number of rotatable bonds is 6. The third-order valence-electron chi connectivity index (χ3n) is 3.94. The molecule has 0 saturated carbocycles. The molecule has 0 fully saturated rings. The molecule has 0 bridgehead atoms. The van der Waals surface area contributed by atoms with E-state index in [-0.39, 0.29) is 6.42 Å². The van der Waals surface area contributed by atoms with Gasteiger partial charge in [0.15, 0.2) is 11.7 Å². The van der Waals surface area contributed by atoms with Gasteiger partial charge in [-0.05, 0) is 30.7 Å². The summed E-state index contributed by atoms with van der Waals surface area (Å²) in [5.74, 6) is 2.76. The van der Waals surface area contributed by atoms with Crippen LogP contribution < -0.4 is 0 Å². The lowest BCUT2D eigenvalue weighted by Crippen LogP contribution is -1.95. The minimum Gasteiger partial charge on any atom is -0.481 e. The minimum absolute atomic E-state index is 0.0480. The normalized spacial score (nSPS) is 10.6. The highest BCUT2D eigenvalue weighted by Crippen LogP contribution is 2.36. The van der Waals surface area contributed by atoms with Gasteiger partial charge in [0, 0.05) is 29.5 Å². The number of carboxylic acid groups (broad SMARTS) is 1. The molecule has 0 spiro atoms. The Labute approximate surface area is 166 Å². The highest BCUT2D eigenvalue weighted by atomic mass is 35.5. The molecule has 0 amide bonds. The van der Waals surface area contributed by atoms with Gasteiger partial charge in [0.2, 0.25) is 0 Å². The molecule has 2 aromatic carbocycles. The van der Waals surface area contributed by atoms with Crippen molar-refractivity contribution >= 4 is 29.2 Å². The predicted octanol–water partition coefficient (Wildman–Crippen LogP) is 5.70. The molecule has 0 aliphatic heterocycles. The van der Waals surface area contributed by atoms with E-state index in [4.69, 9.17) is 39.1 Å². The summed E-state index contributed by atoms with van der Waals surface area (Å²) >= 11 is 12.2. The Hall–Kier alpha value is -2.74. The number of oxazole rings is 1. The minimum atomic E-state index is -0.854. The molecular weight excluding hydrogens is 385 g/mol. The fourth-order valence-electron chi connectivity index (χ4n) is 2.65. The van der Waals surface area contributed by atoms with Gasteiger partial charge in [-0.1, -0.05) is 47.3 Å². The highest BCUT2D eigenvalue weighted by molar-refractivity contribution is 6.42. The maximum absolute atomic E-state index is 10.7. The summed E-state index contributed by atoms with van der Waals surface area (Å²) in [6.07, 6.45) is 6.39. The van der Waals surface area contributed by atoms with Crippen LogP contribution in [0.15, 0.2) is 46.9 Å². The fourth-order valence-corrected chi connectivity index (χ4v) is 2.95. The van der Waals surface area contributed by atoms with Crippen molar-refractivity contribution in [3.63, 3.8) is 0 Å². The van der Waals surface area contributed by atoms with Gasteiger partial charge in [-0.2, -0.15) is 0 Å². The van der Waals surface area contributed by atoms with Crippen LogP contribution in [0.3, 0.4) is 0 Å². The van der Waals surface area contributed by atoms with Gasteiger partial charge in [-0.3, -0.25) is 4.79 Å². The van der Waals surface area contributed by atoms with Crippen molar-refractivity contribution in [2.24, 2.45) is 0 Å². The zero-order valence-electron chi connectivity index (χ0n) is 14.2. The van der Waals surface area contributed by atoms with Gasteiger partial charge in [0.1, 0.15) is 5.69 Å². The number of aliphatic carboxylic acids is 1. The summed E-state index contributed by atoms with van der Waals surface area (Å²) in [5.41, 5.74) is 2.85. The number of halogens is 2. The Kier molecular flexibility index (Phi) is 5.85. The lowest BCUT2D eigenvalue weighted by Gasteiger charge is -2.04. The van der Waals surface area contributed by atoms with E-state index < -0.39 is 5.97 Å². The van der Waals surface area contributed by atoms with E-state index >= 15 is 0 Å². The number of carbonyl (C=O) groups is 1. The zero-order valence-corrected chi connectivity index (χ0v) is 15.7. The first-order valence-corrected chi connectivity index (χ1v) is 8.97. The van der Waals surface area contributed by atoms with Crippen molar-refractivity contribution in [2.45, 2.75) is 19.3 Å². The third-order valence-corrected chi connectivity index (χ3v) is 4.68. The first-order valence-electron chi connectivity index (χ1n) is 8.22. The Bertz CT molecular complexity index is 1030. The monoisotopic (exact) mass is 399 g/mol. The third kappa shape index (κ3) is 4.51. The number of hydrogen-bond acceptors (Lipinski definition) is 3. The van der Waals surface area contributed by atoms with Gasteiger partial charge < -0.3 is 9.52 Å². The van der Waals surface area contributed by atoms with Crippen LogP contribution in [0.2, 0.25) is 10.0 Å². The first-order chi connectivity index (χ1) is 13.0. The lowest BCUT2D eigenvalue weighted by atomic mass is 10.0. The molecule has 1 heterocycles. The molecule has 0 radical (unpaired) electrons. The molecule has 136 valence electrons. The summed E-state index contributed by atoms with van der Waals surface area (Å²) in [6, 6.07) is 12.6. The highest BCUT2D eigenvalue weighted by Gasteiger charge is 2.18. The molecule has 0 aliphatic carbocycles. The molecule has 3 aromatic rings. The maximum atomic E-state index is 10.7. The van der Waals surface area contributed by atoms with Crippen LogP contribution in [0, 0.1) is 12.3 Å². The van der Waals surface area contributed by atoms with Crippen molar-refractivity contribution in [1.82, 2.24) is 4.98 Å². The molecular formula is C21H15Cl2NO3. The quantitative estimate of drug-likeness (QED) is 0.539. The van der Waals surface area contributed by atoms with Gasteiger partial charge in [0.25, 0.3) is 0 Å². The van der Waals surface area contributed by atoms with E-state index in [1.165, 1.54) is 0 Å². The average molecular weight is 400 g/mol. The zero-order chi connectivity index (χ0) is 19.4. The lowest BCUT2D eigenvalue weighted by molar-refractivity contribution is -0.137. The van der Waals surface area contributed by atoms with Crippen LogP contribution in [0.4, 0.5) is 0 Å². The van der Waals surface area contributed by atoms with Crippen LogP contribution in [-0.2, 0) is 11.2 Å². The smallest absolute Gasteiger partial charge is 0.303 e.